The highest BCUT2D eigenvalue weighted by Crippen LogP contribution is 2.26. The predicted molar refractivity (Wildman–Crippen MR) is 83.6 cm³/mol. The van der Waals surface area contributed by atoms with Crippen molar-refractivity contribution in [2.45, 2.75) is 13.8 Å². The van der Waals surface area contributed by atoms with E-state index in [9.17, 15) is 25.0 Å². The summed E-state index contributed by atoms with van der Waals surface area (Å²) >= 11 is 0. The van der Waals surface area contributed by atoms with E-state index >= 15 is 0 Å². The Morgan fingerprint density at radius 1 is 1.00 bits per heavy atom. The van der Waals surface area contributed by atoms with E-state index in [-0.39, 0.29) is 16.9 Å². The monoisotopic (exact) mass is 315 g/mol. The Balaban J connectivity index is 2.30. The number of hydrogen-bond acceptors (Lipinski definition) is 5. The Bertz CT molecular complexity index is 817. The average molecular weight is 315 g/mol. The van der Waals surface area contributed by atoms with Gasteiger partial charge in [0.2, 0.25) is 0 Å². The Morgan fingerprint density at radius 3 is 2.22 bits per heavy atom. The van der Waals surface area contributed by atoms with Gasteiger partial charge in [0.25, 0.3) is 17.3 Å². The molecule has 0 spiro atoms. The average Bonchev–Trinajstić information content (AvgIpc) is 2.48. The van der Waals surface area contributed by atoms with Gasteiger partial charge in [0.05, 0.1) is 21.1 Å². The zero-order valence-corrected chi connectivity index (χ0v) is 12.4. The molecule has 0 aliphatic rings. The second-order valence-electron chi connectivity index (χ2n) is 4.92. The zero-order chi connectivity index (χ0) is 17.1. The summed E-state index contributed by atoms with van der Waals surface area (Å²) in [7, 11) is 0. The van der Waals surface area contributed by atoms with Gasteiger partial charge in [-0.2, -0.15) is 0 Å². The molecular weight excluding hydrogens is 302 g/mol. The third-order valence-electron chi connectivity index (χ3n) is 3.41. The van der Waals surface area contributed by atoms with Crippen molar-refractivity contribution < 1.29 is 14.6 Å². The van der Waals surface area contributed by atoms with Crippen molar-refractivity contribution in [1.29, 1.82) is 0 Å². The molecule has 1 N–H and O–H groups in total. The summed E-state index contributed by atoms with van der Waals surface area (Å²) < 4.78 is 0. The Kier molecular flexibility index (Phi) is 4.35. The van der Waals surface area contributed by atoms with Crippen LogP contribution in [-0.2, 0) is 0 Å². The molecule has 2 aromatic rings. The van der Waals surface area contributed by atoms with Crippen molar-refractivity contribution in [3.8, 4) is 0 Å². The first-order valence-electron chi connectivity index (χ1n) is 6.61. The molecule has 1 amide bonds. The number of nitro benzene ring substituents is 2. The van der Waals surface area contributed by atoms with Gasteiger partial charge in [0.1, 0.15) is 0 Å². The summed E-state index contributed by atoms with van der Waals surface area (Å²) in [5.41, 5.74) is 1.08. The van der Waals surface area contributed by atoms with Crippen LogP contribution in [0.5, 0.6) is 0 Å². The normalized spacial score (nSPS) is 10.2. The van der Waals surface area contributed by atoms with Crippen LogP contribution in [0.25, 0.3) is 0 Å². The molecule has 118 valence electrons. The van der Waals surface area contributed by atoms with Gasteiger partial charge in [-0.05, 0) is 32.0 Å². The van der Waals surface area contributed by atoms with Crippen LogP contribution in [0.3, 0.4) is 0 Å². The number of carbonyl (C=O) groups excluding carboxylic acids is 1. The maximum atomic E-state index is 12.2. The number of amides is 1. The summed E-state index contributed by atoms with van der Waals surface area (Å²) in [6, 6.07) is 8.37. The number of benzene rings is 2. The van der Waals surface area contributed by atoms with Crippen molar-refractivity contribution >= 4 is 23.0 Å². The number of anilines is 1. The molecule has 0 saturated heterocycles. The zero-order valence-electron chi connectivity index (χ0n) is 12.4. The van der Waals surface area contributed by atoms with E-state index in [2.05, 4.69) is 5.32 Å². The molecule has 0 aliphatic carbocycles. The van der Waals surface area contributed by atoms with E-state index in [1.807, 2.05) is 0 Å². The molecule has 0 unspecified atom stereocenters. The lowest BCUT2D eigenvalue weighted by Crippen LogP contribution is -2.13. The van der Waals surface area contributed by atoms with Crippen molar-refractivity contribution in [2.24, 2.45) is 0 Å². The first-order chi connectivity index (χ1) is 10.8. The van der Waals surface area contributed by atoms with Crippen molar-refractivity contribution in [2.75, 3.05) is 5.32 Å². The van der Waals surface area contributed by atoms with Crippen LogP contribution >= 0.6 is 0 Å². The van der Waals surface area contributed by atoms with Crippen LogP contribution in [-0.4, -0.2) is 15.8 Å². The van der Waals surface area contributed by atoms with E-state index in [1.54, 1.807) is 6.07 Å². The quantitative estimate of drug-likeness (QED) is 0.686. The molecule has 0 bridgehead atoms. The minimum absolute atomic E-state index is 0.0759. The molecule has 0 fully saturated rings. The van der Waals surface area contributed by atoms with Crippen molar-refractivity contribution in [3.63, 3.8) is 0 Å². The summed E-state index contributed by atoms with van der Waals surface area (Å²) in [6.07, 6.45) is 0. The van der Waals surface area contributed by atoms with Gasteiger partial charge in [0.15, 0.2) is 0 Å². The van der Waals surface area contributed by atoms with Crippen LogP contribution in [0, 0.1) is 34.1 Å². The molecule has 0 atom stereocenters. The fourth-order valence-corrected chi connectivity index (χ4v) is 2.15. The summed E-state index contributed by atoms with van der Waals surface area (Å²) in [5.74, 6) is -0.494. The first-order valence-corrected chi connectivity index (χ1v) is 6.61. The van der Waals surface area contributed by atoms with E-state index in [0.717, 1.165) is 0 Å². The molecule has 0 radical (unpaired) electrons. The summed E-state index contributed by atoms with van der Waals surface area (Å²) in [6.45, 7) is 3.07. The van der Waals surface area contributed by atoms with E-state index in [1.165, 1.54) is 44.2 Å². The topological polar surface area (TPSA) is 115 Å². The molecule has 0 saturated carbocycles. The van der Waals surface area contributed by atoms with Gasteiger partial charge < -0.3 is 5.32 Å². The number of nitro groups is 2. The fourth-order valence-electron chi connectivity index (χ4n) is 2.15. The van der Waals surface area contributed by atoms with Crippen LogP contribution in [0.2, 0.25) is 0 Å². The van der Waals surface area contributed by atoms with E-state index < -0.39 is 15.8 Å². The lowest BCUT2D eigenvalue weighted by atomic mass is 10.1. The predicted octanol–water partition coefficient (Wildman–Crippen LogP) is 3.37. The first kappa shape index (κ1) is 16.1. The highest BCUT2D eigenvalue weighted by Gasteiger charge is 2.17. The molecule has 2 aromatic carbocycles. The van der Waals surface area contributed by atoms with Gasteiger partial charge >= 0.3 is 0 Å². The number of hydrogen-bond donors (Lipinski definition) is 1. The van der Waals surface area contributed by atoms with Gasteiger partial charge in [-0.3, -0.25) is 25.0 Å². The van der Waals surface area contributed by atoms with Crippen molar-refractivity contribution in [3.05, 3.63) is 73.3 Å². The molecule has 2 rings (SSSR count). The van der Waals surface area contributed by atoms with Crippen LogP contribution in [0.15, 0.2) is 36.4 Å². The lowest BCUT2D eigenvalue weighted by Gasteiger charge is -2.09. The maximum Gasteiger partial charge on any atom is 0.274 e. The molecule has 0 aliphatic heterocycles. The SMILES string of the molecule is Cc1cc(C(=O)Nc2cccc([N+](=O)[O-])c2C)ccc1[N+](=O)[O-]. The largest absolute Gasteiger partial charge is 0.321 e. The second-order valence-corrected chi connectivity index (χ2v) is 4.92. The summed E-state index contributed by atoms with van der Waals surface area (Å²) in [5, 5.41) is 24.3. The molecular formula is C15H13N3O5. The standard InChI is InChI=1S/C15H13N3O5/c1-9-8-11(6-7-13(9)17(20)21)15(19)16-12-4-3-5-14(10(12)2)18(22)23/h3-8H,1-2H3,(H,16,19). The molecule has 8 nitrogen and oxygen atoms in total. The highest BCUT2D eigenvalue weighted by atomic mass is 16.6. The second kappa shape index (κ2) is 6.22. The third-order valence-corrected chi connectivity index (χ3v) is 3.41. The lowest BCUT2D eigenvalue weighted by molar-refractivity contribution is -0.385. The number of aryl methyl sites for hydroxylation is 1. The van der Waals surface area contributed by atoms with E-state index in [4.69, 9.17) is 0 Å². The minimum Gasteiger partial charge on any atom is -0.321 e. The maximum absolute atomic E-state index is 12.2. The van der Waals surface area contributed by atoms with Gasteiger partial charge in [0, 0.05) is 23.3 Å². The Hall–Kier alpha value is -3.29. The van der Waals surface area contributed by atoms with E-state index in [0.29, 0.717) is 16.8 Å². The summed E-state index contributed by atoms with van der Waals surface area (Å²) in [4.78, 5) is 32.9. The smallest absolute Gasteiger partial charge is 0.274 e. The minimum atomic E-state index is -0.527. The molecule has 23 heavy (non-hydrogen) atoms. The van der Waals surface area contributed by atoms with Crippen LogP contribution < -0.4 is 5.32 Å². The van der Waals surface area contributed by atoms with Gasteiger partial charge in [-0.25, -0.2) is 0 Å². The molecule has 0 aromatic heterocycles. The number of nitrogens with one attached hydrogen (secondary N) is 1. The fraction of sp³-hybridized carbons (Fsp3) is 0.133. The number of carbonyl (C=O) groups is 1. The Labute approximate surface area is 131 Å². The van der Waals surface area contributed by atoms with Crippen molar-refractivity contribution in [1.82, 2.24) is 0 Å². The number of nitrogens with zero attached hydrogens (tertiary/aromatic N) is 2. The molecule has 0 heterocycles. The Morgan fingerprint density at radius 2 is 1.65 bits per heavy atom. The van der Waals surface area contributed by atoms with Crippen LogP contribution in [0.4, 0.5) is 17.1 Å². The van der Waals surface area contributed by atoms with Gasteiger partial charge in [-0.1, -0.05) is 6.07 Å². The van der Waals surface area contributed by atoms with Gasteiger partial charge in [-0.15, -0.1) is 0 Å². The molecule has 8 heteroatoms. The van der Waals surface area contributed by atoms with Crippen LogP contribution in [0.1, 0.15) is 21.5 Å². The third kappa shape index (κ3) is 3.31. The number of rotatable bonds is 4. The highest BCUT2D eigenvalue weighted by molar-refractivity contribution is 6.05.